The highest BCUT2D eigenvalue weighted by Gasteiger charge is 2.12. The van der Waals surface area contributed by atoms with Crippen LogP contribution in [0.5, 0.6) is 5.88 Å². The van der Waals surface area contributed by atoms with Gasteiger partial charge in [0.2, 0.25) is 15.4 Å². The van der Waals surface area contributed by atoms with Crippen LogP contribution in [-0.2, 0) is 0 Å². The van der Waals surface area contributed by atoms with Crippen LogP contribution in [0.25, 0.3) is 0 Å². The summed E-state index contributed by atoms with van der Waals surface area (Å²) in [4.78, 5) is 15.6. The van der Waals surface area contributed by atoms with Crippen LogP contribution >= 0.6 is 22.9 Å². The monoisotopic (exact) mass is 270 g/mol. The summed E-state index contributed by atoms with van der Waals surface area (Å²) in [5.74, 6) is 0.100. The first kappa shape index (κ1) is 11.7. The van der Waals surface area contributed by atoms with Gasteiger partial charge in [0.1, 0.15) is 0 Å². The number of nitrogens with zero attached hydrogens (tertiary/aromatic N) is 3. The number of ether oxygens (including phenoxy) is 1. The Labute approximate surface area is 106 Å². The van der Waals surface area contributed by atoms with Gasteiger partial charge >= 0.3 is 0 Å². The largest absolute Gasteiger partial charge is 0.481 e. The molecule has 0 unspecified atom stereocenters. The van der Waals surface area contributed by atoms with Gasteiger partial charge in [-0.05, 0) is 17.7 Å². The average Bonchev–Trinajstić information content (AvgIpc) is 2.77. The number of methoxy groups -OCH3 is 1. The van der Waals surface area contributed by atoms with Crippen LogP contribution in [0.4, 0.5) is 5.69 Å². The summed E-state index contributed by atoms with van der Waals surface area (Å²) < 4.78 is 5.13. The highest BCUT2D eigenvalue weighted by atomic mass is 35.5. The molecule has 2 rings (SSSR count). The summed E-state index contributed by atoms with van der Waals surface area (Å²) in [7, 11) is 1.52. The van der Waals surface area contributed by atoms with Gasteiger partial charge in [-0.3, -0.25) is 4.79 Å². The molecule has 1 N–H and O–H groups in total. The zero-order valence-electron chi connectivity index (χ0n) is 8.68. The van der Waals surface area contributed by atoms with E-state index < -0.39 is 0 Å². The molecule has 2 heterocycles. The Bertz CT molecular complexity index is 528. The van der Waals surface area contributed by atoms with Gasteiger partial charge in [-0.2, -0.15) is 0 Å². The lowest BCUT2D eigenvalue weighted by atomic mass is 10.4. The third kappa shape index (κ3) is 2.89. The van der Waals surface area contributed by atoms with E-state index >= 15 is 0 Å². The number of rotatable bonds is 3. The lowest BCUT2D eigenvalue weighted by Gasteiger charge is -2.02. The molecule has 2 aromatic rings. The molecular weight excluding hydrogens is 264 g/mol. The maximum absolute atomic E-state index is 11.7. The van der Waals surface area contributed by atoms with E-state index in [1.807, 2.05) is 0 Å². The summed E-state index contributed by atoms with van der Waals surface area (Å²) in [6, 6.07) is 3.31. The van der Waals surface area contributed by atoms with Crippen molar-refractivity contribution in [3.8, 4) is 5.88 Å². The van der Waals surface area contributed by atoms with Gasteiger partial charge in [0.05, 0.1) is 19.0 Å². The number of aromatic nitrogens is 3. The molecule has 0 aliphatic rings. The van der Waals surface area contributed by atoms with Crippen LogP contribution in [0.3, 0.4) is 0 Å². The fraction of sp³-hybridized carbons (Fsp3) is 0.111. The molecule has 2 aromatic heterocycles. The highest BCUT2D eigenvalue weighted by Crippen LogP contribution is 2.17. The number of pyridine rings is 1. The third-order valence-electron chi connectivity index (χ3n) is 1.80. The zero-order chi connectivity index (χ0) is 12.3. The molecule has 0 atom stereocenters. The van der Waals surface area contributed by atoms with E-state index in [1.54, 1.807) is 12.1 Å². The van der Waals surface area contributed by atoms with Gasteiger partial charge in [-0.1, -0.05) is 11.3 Å². The minimum atomic E-state index is -0.374. The van der Waals surface area contributed by atoms with Gasteiger partial charge in [0, 0.05) is 6.07 Å². The summed E-state index contributed by atoms with van der Waals surface area (Å²) >= 11 is 6.59. The van der Waals surface area contributed by atoms with Crippen molar-refractivity contribution in [1.29, 1.82) is 0 Å². The fourth-order valence-electron chi connectivity index (χ4n) is 1.06. The molecule has 88 valence electrons. The molecule has 0 saturated carbocycles. The first-order valence-electron chi connectivity index (χ1n) is 4.49. The normalized spacial score (nSPS) is 10.0. The first-order chi connectivity index (χ1) is 8.19. The zero-order valence-corrected chi connectivity index (χ0v) is 10.2. The molecule has 8 heteroatoms. The lowest BCUT2D eigenvalue weighted by Crippen LogP contribution is -2.11. The molecule has 17 heavy (non-hydrogen) atoms. The fourth-order valence-corrected chi connectivity index (χ4v) is 1.78. The molecule has 0 radical (unpaired) electrons. The van der Waals surface area contributed by atoms with Gasteiger partial charge in [-0.25, -0.2) is 4.98 Å². The Balaban J connectivity index is 2.07. The van der Waals surface area contributed by atoms with Crippen LogP contribution in [0.2, 0.25) is 4.47 Å². The van der Waals surface area contributed by atoms with Crippen molar-refractivity contribution in [3.05, 3.63) is 27.8 Å². The summed E-state index contributed by atoms with van der Waals surface area (Å²) in [5.41, 5.74) is 0.544. The molecule has 0 spiro atoms. The predicted molar refractivity (Wildman–Crippen MR) is 63.7 cm³/mol. The molecule has 0 aliphatic carbocycles. The Morgan fingerprint density at radius 3 is 2.82 bits per heavy atom. The average molecular weight is 271 g/mol. The van der Waals surface area contributed by atoms with E-state index in [4.69, 9.17) is 16.3 Å². The van der Waals surface area contributed by atoms with E-state index in [2.05, 4.69) is 20.5 Å². The minimum absolute atomic E-state index is 0.200. The minimum Gasteiger partial charge on any atom is -0.481 e. The van der Waals surface area contributed by atoms with Crippen LogP contribution in [-0.4, -0.2) is 28.2 Å². The van der Waals surface area contributed by atoms with Crippen LogP contribution in [0.1, 0.15) is 9.80 Å². The number of carbonyl (C=O) groups is 1. The first-order valence-corrected chi connectivity index (χ1v) is 5.69. The van der Waals surface area contributed by atoms with Crippen molar-refractivity contribution in [1.82, 2.24) is 15.2 Å². The predicted octanol–water partition coefficient (Wildman–Crippen LogP) is 1.85. The number of hydrogen-bond donors (Lipinski definition) is 1. The quantitative estimate of drug-likeness (QED) is 0.921. The number of carbonyl (C=O) groups excluding carboxylic acids is 1. The molecule has 0 saturated heterocycles. The van der Waals surface area contributed by atoms with Crippen molar-refractivity contribution >= 4 is 34.5 Å². The molecule has 0 fully saturated rings. The summed E-state index contributed by atoms with van der Waals surface area (Å²) in [6.07, 6.45) is 1.49. The molecule has 6 nitrogen and oxygen atoms in total. The molecule has 0 aliphatic heterocycles. The van der Waals surface area contributed by atoms with E-state index in [0.717, 1.165) is 11.3 Å². The third-order valence-corrected chi connectivity index (χ3v) is 2.82. The Hall–Kier alpha value is -1.73. The number of hydrogen-bond acceptors (Lipinski definition) is 6. The molecule has 0 bridgehead atoms. The van der Waals surface area contributed by atoms with Gasteiger partial charge in [0.15, 0.2) is 0 Å². The topological polar surface area (TPSA) is 77.0 Å². The van der Waals surface area contributed by atoms with E-state index in [1.165, 1.54) is 13.3 Å². The van der Waals surface area contributed by atoms with Gasteiger partial charge in [0.25, 0.3) is 5.91 Å². The van der Waals surface area contributed by atoms with E-state index in [-0.39, 0.29) is 15.4 Å². The number of amides is 1. The van der Waals surface area contributed by atoms with Crippen LogP contribution in [0, 0.1) is 0 Å². The smallest absolute Gasteiger partial charge is 0.286 e. The second-order valence-corrected chi connectivity index (χ2v) is 4.46. The van der Waals surface area contributed by atoms with Crippen molar-refractivity contribution in [2.75, 3.05) is 12.4 Å². The standard InChI is InChI=1S/C9H7ClN4O2S/c1-16-6-3-2-5(4-11-6)12-7(15)8-13-14-9(10)17-8/h2-4H,1H3,(H,12,15). The SMILES string of the molecule is COc1ccc(NC(=O)c2nnc(Cl)s2)cn1. The van der Waals surface area contributed by atoms with Crippen molar-refractivity contribution < 1.29 is 9.53 Å². The number of nitrogens with one attached hydrogen (secondary N) is 1. The molecular formula is C9H7ClN4O2S. The molecule has 0 aromatic carbocycles. The Morgan fingerprint density at radius 2 is 2.29 bits per heavy atom. The maximum Gasteiger partial charge on any atom is 0.286 e. The Kier molecular flexibility index (Phi) is 3.50. The van der Waals surface area contributed by atoms with Crippen molar-refractivity contribution in [3.63, 3.8) is 0 Å². The highest BCUT2D eigenvalue weighted by molar-refractivity contribution is 7.17. The maximum atomic E-state index is 11.7. The lowest BCUT2D eigenvalue weighted by molar-refractivity contribution is 0.102. The number of halogens is 1. The number of anilines is 1. The van der Waals surface area contributed by atoms with Crippen molar-refractivity contribution in [2.45, 2.75) is 0 Å². The van der Waals surface area contributed by atoms with Gasteiger partial charge < -0.3 is 10.1 Å². The summed E-state index contributed by atoms with van der Waals surface area (Å²) in [5, 5.41) is 9.98. The van der Waals surface area contributed by atoms with Crippen LogP contribution in [0.15, 0.2) is 18.3 Å². The second kappa shape index (κ2) is 5.07. The van der Waals surface area contributed by atoms with Crippen molar-refractivity contribution in [2.24, 2.45) is 0 Å². The van der Waals surface area contributed by atoms with E-state index in [9.17, 15) is 4.79 Å². The Morgan fingerprint density at radius 1 is 1.47 bits per heavy atom. The van der Waals surface area contributed by atoms with E-state index in [0.29, 0.717) is 11.6 Å². The molecule has 1 amide bonds. The second-order valence-electron chi connectivity index (χ2n) is 2.90. The summed E-state index contributed by atoms with van der Waals surface area (Å²) in [6.45, 7) is 0. The van der Waals surface area contributed by atoms with Gasteiger partial charge in [-0.15, -0.1) is 10.2 Å². The van der Waals surface area contributed by atoms with Crippen LogP contribution < -0.4 is 10.1 Å².